The number of hydrogen-bond donors (Lipinski definition) is 5. The number of aliphatic carboxylic acids is 2. The van der Waals surface area contributed by atoms with Crippen molar-refractivity contribution in [3.63, 3.8) is 0 Å². The summed E-state index contributed by atoms with van der Waals surface area (Å²) in [7, 11) is 0. The van der Waals surface area contributed by atoms with Crippen LogP contribution < -0.4 is 0 Å². The Balaban J connectivity index is 0. The molecule has 0 aromatic heterocycles. The van der Waals surface area contributed by atoms with E-state index in [1.807, 2.05) is 0 Å². The Morgan fingerprint density at radius 2 is 1.62 bits per heavy atom. The third-order valence-electron chi connectivity index (χ3n) is 1.15. The van der Waals surface area contributed by atoms with Gasteiger partial charge in [-0.05, 0) is 0 Å². The molecule has 0 spiro atoms. The van der Waals surface area contributed by atoms with E-state index in [9.17, 15) is 9.59 Å². The SMILES string of the molecule is O=C(O)CC(O)C(O)(O)C(=O)O.[CaH2]. The zero-order chi connectivity index (χ0) is 9.94. The second-order valence-electron chi connectivity index (χ2n) is 2.14. The van der Waals surface area contributed by atoms with Crippen molar-refractivity contribution in [3.8, 4) is 0 Å². The van der Waals surface area contributed by atoms with Crippen LogP contribution >= 0.6 is 0 Å². The Morgan fingerprint density at radius 1 is 1.23 bits per heavy atom. The summed E-state index contributed by atoms with van der Waals surface area (Å²) in [5.41, 5.74) is 0. The molecule has 0 bridgehead atoms. The summed E-state index contributed by atoms with van der Waals surface area (Å²) in [5, 5.41) is 41.9. The van der Waals surface area contributed by atoms with Crippen molar-refractivity contribution in [2.45, 2.75) is 18.3 Å². The third kappa shape index (κ3) is 4.75. The fraction of sp³-hybridized carbons (Fsp3) is 0.600. The first-order valence-corrected chi connectivity index (χ1v) is 2.86. The van der Waals surface area contributed by atoms with E-state index in [1.54, 1.807) is 0 Å². The number of hydrogen-bond acceptors (Lipinski definition) is 5. The van der Waals surface area contributed by atoms with Crippen molar-refractivity contribution in [2.24, 2.45) is 0 Å². The van der Waals surface area contributed by atoms with Crippen molar-refractivity contribution in [1.29, 1.82) is 0 Å². The zero-order valence-electron chi connectivity index (χ0n) is 5.84. The Morgan fingerprint density at radius 3 is 1.85 bits per heavy atom. The molecular weight excluding hydrogens is 212 g/mol. The van der Waals surface area contributed by atoms with E-state index in [1.165, 1.54) is 0 Å². The summed E-state index contributed by atoms with van der Waals surface area (Å²) in [6.45, 7) is 0. The van der Waals surface area contributed by atoms with Gasteiger partial charge in [0.25, 0.3) is 5.79 Å². The molecule has 0 rings (SSSR count). The molecular formula is C5H10CaO7. The van der Waals surface area contributed by atoms with Crippen LogP contribution in [0.15, 0.2) is 0 Å². The number of aliphatic hydroxyl groups excluding tert-OH is 1. The van der Waals surface area contributed by atoms with Gasteiger partial charge in [-0.15, -0.1) is 0 Å². The zero-order valence-corrected chi connectivity index (χ0v) is 5.84. The molecule has 0 amide bonds. The van der Waals surface area contributed by atoms with Gasteiger partial charge in [0.1, 0.15) is 6.10 Å². The third-order valence-corrected chi connectivity index (χ3v) is 1.15. The van der Waals surface area contributed by atoms with Gasteiger partial charge in [0.2, 0.25) is 0 Å². The quantitative estimate of drug-likeness (QED) is 0.248. The molecule has 0 radical (unpaired) electrons. The van der Waals surface area contributed by atoms with Crippen molar-refractivity contribution in [1.82, 2.24) is 0 Å². The normalized spacial score (nSPS) is 12.8. The number of carboxylic acids is 2. The van der Waals surface area contributed by atoms with Crippen LogP contribution in [0.25, 0.3) is 0 Å². The Bertz CT molecular complexity index is 201. The summed E-state index contributed by atoms with van der Waals surface area (Å²) in [5.74, 6) is -7.05. The Kier molecular flexibility index (Phi) is 6.86. The van der Waals surface area contributed by atoms with Gasteiger partial charge in [-0.2, -0.15) is 0 Å². The first-order chi connectivity index (χ1) is 5.28. The van der Waals surface area contributed by atoms with E-state index in [4.69, 9.17) is 25.5 Å². The molecule has 0 aliphatic carbocycles. The van der Waals surface area contributed by atoms with Crippen LogP contribution in [0.4, 0.5) is 0 Å². The number of carbonyl (C=O) groups is 2. The van der Waals surface area contributed by atoms with Crippen molar-refractivity contribution in [2.75, 3.05) is 0 Å². The van der Waals surface area contributed by atoms with Gasteiger partial charge >= 0.3 is 49.7 Å². The van der Waals surface area contributed by atoms with Crippen LogP contribution in [0.3, 0.4) is 0 Å². The molecule has 74 valence electrons. The van der Waals surface area contributed by atoms with Crippen LogP contribution in [0.2, 0.25) is 0 Å². The maximum atomic E-state index is 9.99. The molecule has 1 atom stereocenters. The van der Waals surface area contributed by atoms with Gasteiger partial charge in [-0.3, -0.25) is 4.79 Å². The topological polar surface area (TPSA) is 135 Å². The molecule has 0 aromatic rings. The number of aliphatic hydroxyl groups is 3. The predicted octanol–water partition coefficient (Wildman–Crippen LogP) is -3.33. The van der Waals surface area contributed by atoms with E-state index in [0.717, 1.165) is 0 Å². The van der Waals surface area contributed by atoms with Crippen molar-refractivity contribution in [3.05, 3.63) is 0 Å². The van der Waals surface area contributed by atoms with Crippen LogP contribution in [-0.2, 0) is 9.59 Å². The Labute approximate surface area is 103 Å². The summed E-state index contributed by atoms with van der Waals surface area (Å²) >= 11 is 0. The summed E-state index contributed by atoms with van der Waals surface area (Å²) in [6.07, 6.45) is -3.31. The molecule has 0 aliphatic heterocycles. The summed E-state index contributed by atoms with van der Waals surface area (Å²) in [4.78, 5) is 19.9. The molecule has 5 N–H and O–H groups in total. The van der Waals surface area contributed by atoms with Crippen molar-refractivity contribution >= 4 is 49.7 Å². The average molecular weight is 222 g/mol. The molecule has 13 heavy (non-hydrogen) atoms. The first-order valence-electron chi connectivity index (χ1n) is 2.86. The molecule has 0 aliphatic rings. The minimum atomic E-state index is -3.42. The molecule has 0 saturated heterocycles. The second-order valence-corrected chi connectivity index (χ2v) is 2.14. The van der Waals surface area contributed by atoms with Gasteiger partial charge in [-0.25, -0.2) is 4.79 Å². The molecule has 0 heterocycles. The van der Waals surface area contributed by atoms with Gasteiger partial charge in [0.15, 0.2) is 0 Å². The first kappa shape index (κ1) is 15.5. The molecule has 7 nitrogen and oxygen atoms in total. The molecule has 0 aromatic carbocycles. The summed E-state index contributed by atoms with van der Waals surface area (Å²) in [6, 6.07) is 0. The summed E-state index contributed by atoms with van der Waals surface area (Å²) < 4.78 is 0. The van der Waals surface area contributed by atoms with Crippen molar-refractivity contribution < 1.29 is 35.1 Å². The van der Waals surface area contributed by atoms with Gasteiger partial charge in [0.05, 0.1) is 6.42 Å². The number of carboxylic acid groups (broad SMARTS) is 2. The predicted molar refractivity (Wildman–Crippen MR) is 41.6 cm³/mol. The van der Waals surface area contributed by atoms with E-state index in [0.29, 0.717) is 0 Å². The van der Waals surface area contributed by atoms with E-state index in [2.05, 4.69) is 0 Å². The van der Waals surface area contributed by atoms with E-state index < -0.39 is 30.3 Å². The fourth-order valence-electron chi connectivity index (χ4n) is 0.450. The number of rotatable bonds is 4. The fourth-order valence-corrected chi connectivity index (χ4v) is 0.450. The molecule has 8 heteroatoms. The molecule has 0 saturated carbocycles. The minimum absolute atomic E-state index is 0. The molecule has 1 unspecified atom stereocenters. The molecule has 0 fully saturated rings. The average Bonchev–Trinajstić information content (AvgIpc) is 1.85. The monoisotopic (exact) mass is 222 g/mol. The van der Waals surface area contributed by atoms with Crippen LogP contribution in [0.1, 0.15) is 6.42 Å². The van der Waals surface area contributed by atoms with Gasteiger partial charge in [-0.1, -0.05) is 0 Å². The van der Waals surface area contributed by atoms with Crippen LogP contribution in [0, 0.1) is 0 Å². The van der Waals surface area contributed by atoms with E-state index >= 15 is 0 Å². The maximum absolute atomic E-state index is 9.99. The van der Waals surface area contributed by atoms with Crippen LogP contribution in [0.5, 0.6) is 0 Å². The van der Waals surface area contributed by atoms with E-state index in [-0.39, 0.29) is 37.7 Å². The second kappa shape index (κ2) is 5.74. The standard InChI is InChI=1S/C5H8O7.Ca.2H/c6-2(1-3(7)8)5(11,12)4(9)10;;;/h2,6,11-12H,1H2,(H,7,8)(H,9,10);;;. The Hall–Kier alpha value is 0.0797. The van der Waals surface area contributed by atoms with Gasteiger partial charge < -0.3 is 25.5 Å². The van der Waals surface area contributed by atoms with Gasteiger partial charge in [0, 0.05) is 0 Å². The van der Waals surface area contributed by atoms with Crippen LogP contribution in [-0.4, -0.2) is 87.1 Å².